The molecule has 1 atom stereocenters. The minimum atomic E-state index is -1.28. The molecular formula is C28H33F2N5O4S. The fourth-order valence-electron chi connectivity index (χ4n) is 4.74. The number of nitrogens with zero attached hydrogens (tertiary/aromatic N) is 4. The average molecular weight is 574 g/mol. The summed E-state index contributed by atoms with van der Waals surface area (Å²) in [6.45, 7) is 3.21. The lowest BCUT2D eigenvalue weighted by Gasteiger charge is -2.35. The predicted octanol–water partition coefficient (Wildman–Crippen LogP) is 3.39. The Labute approximate surface area is 234 Å². The molecule has 214 valence electrons. The molecule has 1 unspecified atom stereocenters. The van der Waals surface area contributed by atoms with E-state index < -0.39 is 34.5 Å². The summed E-state index contributed by atoms with van der Waals surface area (Å²) in [6, 6.07) is 9.62. The monoisotopic (exact) mass is 573 g/mol. The van der Waals surface area contributed by atoms with Crippen LogP contribution in [0.1, 0.15) is 24.0 Å². The highest BCUT2D eigenvalue weighted by Crippen LogP contribution is 2.46. The summed E-state index contributed by atoms with van der Waals surface area (Å²) in [5.74, 6) is 0.440. The molecule has 2 heterocycles. The zero-order chi connectivity index (χ0) is 28.4. The van der Waals surface area contributed by atoms with Crippen LogP contribution in [0, 0.1) is 18.2 Å². The summed E-state index contributed by atoms with van der Waals surface area (Å²) in [6.07, 6.45) is 2.93. The molecule has 0 amide bonds. The second-order valence-electron chi connectivity index (χ2n) is 10.4. The summed E-state index contributed by atoms with van der Waals surface area (Å²) in [5, 5.41) is 4.33. The first-order valence-corrected chi connectivity index (χ1v) is 14.4. The number of alkyl halides is 1. The third kappa shape index (κ3) is 5.97. The molecule has 2 N–H and O–H groups in total. The van der Waals surface area contributed by atoms with Gasteiger partial charge in [0.1, 0.15) is 17.3 Å². The minimum absolute atomic E-state index is 0.0557. The number of benzene rings is 2. The fourth-order valence-corrected chi connectivity index (χ4v) is 5.96. The van der Waals surface area contributed by atoms with Crippen molar-refractivity contribution in [1.29, 1.82) is 0 Å². The van der Waals surface area contributed by atoms with E-state index in [0.717, 1.165) is 10.2 Å². The molecule has 1 saturated carbocycles. The third-order valence-corrected chi connectivity index (χ3v) is 8.93. The number of nitrogens with two attached hydrogens (primary N) is 1. The van der Waals surface area contributed by atoms with E-state index in [4.69, 9.17) is 15.2 Å². The number of anilines is 2. The van der Waals surface area contributed by atoms with Gasteiger partial charge in [0.15, 0.2) is 0 Å². The van der Waals surface area contributed by atoms with Crippen molar-refractivity contribution in [2.75, 3.05) is 57.2 Å². The van der Waals surface area contributed by atoms with Gasteiger partial charge in [0.2, 0.25) is 5.75 Å². The molecule has 1 saturated heterocycles. The molecule has 2 aromatic carbocycles. The van der Waals surface area contributed by atoms with Gasteiger partial charge in [-0.25, -0.2) is 12.9 Å². The van der Waals surface area contributed by atoms with Crippen LogP contribution in [0.4, 0.5) is 20.2 Å². The van der Waals surface area contributed by atoms with Crippen LogP contribution >= 0.6 is 0 Å². The van der Waals surface area contributed by atoms with Crippen LogP contribution in [0.3, 0.4) is 0 Å². The zero-order valence-corrected chi connectivity index (χ0v) is 23.4. The number of aromatic nitrogens is 2. The van der Waals surface area contributed by atoms with E-state index in [-0.39, 0.29) is 18.0 Å². The van der Waals surface area contributed by atoms with Gasteiger partial charge in [-0.2, -0.15) is 9.78 Å². The van der Waals surface area contributed by atoms with Gasteiger partial charge in [0.25, 0.3) is 0 Å². The Bertz CT molecular complexity index is 1450. The lowest BCUT2D eigenvalue weighted by atomic mass is 10.1. The van der Waals surface area contributed by atoms with Crippen LogP contribution in [-0.2, 0) is 16.7 Å². The van der Waals surface area contributed by atoms with Crippen molar-refractivity contribution in [2.24, 2.45) is 5.41 Å². The number of nitrogen functional groups attached to an aromatic ring is 1. The van der Waals surface area contributed by atoms with Gasteiger partial charge in [-0.05, 0) is 61.2 Å². The number of piperazine rings is 1. The number of rotatable bonds is 10. The summed E-state index contributed by atoms with van der Waals surface area (Å²) in [7, 11) is 0.263. The van der Waals surface area contributed by atoms with Gasteiger partial charge in [-0.15, -0.1) is 0 Å². The highest BCUT2D eigenvalue weighted by Gasteiger charge is 2.44. The first-order valence-electron chi connectivity index (χ1n) is 13.1. The smallest absolute Gasteiger partial charge is 0.316 e. The first kappa shape index (κ1) is 28.0. The molecule has 1 aromatic heterocycles. The molecule has 2 fully saturated rings. The third-order valence-electron chi connectivity index (χ3n) is 7.40. The van der Waals surface area contributed by atoms with Crippen molar-refractivity contribution in [1.82, 2.24) is 14.1 Å². The van der Waals surface area contributed by atoms with Crippen molar-refractivity contribution < 1.29 is 22.5 Å². The van der Waals surface area contributed by atoms with E-state index in [0.29, 0.717) is 67.5 Å². The topological polar surface area (TPSA) is 103 Å². The Morgan fingerprint density at radius 2 is 1.88 bits per heavy atom. The van der Waals surface area contributed by atoms with E-state index in [1.165, 1.54) is 25.4 Å². The lowest BCUT2D eigenvalue weighted by molar-refractivity contribution is 0.197. The number of hydrogen-bond acceptors (Lipinski definition) is 7. The largest absolute Gasteiger partial charge is 0.495 e. The van der Waals surface area contributed by atoms with E-state index in [1.807, 2.05) is 15.3 Å². The number of aryl methyl sites for hydroxylation is 1. The highest BCUT2D eigenvalue weighted by atomic mass is 32.2. The van der Waals surface area contributed by atoms with E-state index in [1.54, 1.807) is 25.1 Å². The van der Waals surface area contributed by atoms with Crippen LogP contribution in [0.5, 0.6) is 11.5 Å². The Kier molecular flexibility index (Phi) is 8.09. The lowest BCUT2D eigenvalue weighted by Crippen LogP contribution is -2.47. The SMILES string of the molecule is COc1cc(CS(=O)N2CCN(c3cnn(-c4cc(C)cc(F)c4)c(=O)c3OCC3(CF)CC3)CC2)ccc1N. The first-order chi connectivity index (χ1) is 19.2. The molecule has 1 aliphatic heterocycles. The normalized spacial score (nSPS) is 17.4. The van der Waals surface area contributed by atoms with Gasteiger partial charge < -0.3 is 20.1 Å². The van der Waals surface area contributed by atoms with Crippen LogP contribution in [0.15, 0.2) is 47.4 Å². The van der Waals surface area contributed by atoms with Crippen LogP contribution in [-0.4, -0.2) is 64.9 Å². The number of ether oxygens (including phenoxy) is 2. The van der Waals surface area contributed by atoms with Gasteiger partial charge >= 0.3 is 5.56 Å². The maximum Gasteiger partial charge on any atom is 0.316 e. The molecule has 40 heavy (non-hydrogen) atoms. The molecular weight excluding hydrogens is 540 g/mol. The van der Waals surface area contributed by atoms with Crippen molar-refractivity contribution in [3.05, 3.63) is 69.9 Å². The van der Waals surface area contributed by atoms with Crippen LogP contribution in [0.25, 0.3) is 5.69 Å². The molecule has 0 radical (unpaired) electrons. The maximum atomic E-state index is 14.1. The quantitative estimate of drug-likeness (QED) is 0.371. The van der Waals surface area contributed by atoms with Crippen molar-refractivity contribution in [3.63, 3.8) is 0 Å². The van der Waals surface area contributed by atoms with Crippen LogP contribution < -0.4 is 25.7 Å². The van der Waals surface area contributed by atoms with E-state index in [2.05, 4.69) is 5.10 Å². The minimum Gasteiger partial charge on any atom is -0.495 e. The molecule has 9 nitrogen and oxygen atoms in total. The Morgan fingerprint density at radius 1 is 1.12 bits per heavy atom. The van der Waals surface area contributed by atoms with Gasteiger partial charge in [0, 0.05) is 31.6 Å². The highest BCUT2D eigenvalue weighted by molar-refractivity contribution is 7.81. The standard InChI is InChI=1S/C28H33F2N5O4S/c1-19-11-21(30)14-22(12-19)35-27(36)26(39-18-28(17-29)5-6-28)24(15-32-35)33-7-9-34(10-8-33)40(37)16-20-3-4-23(31)25(13-20)38-2/h3-4,11-15H,5-10,16-18,31H2,1-2H3. The van der Waals surface area contributed by atoms with Gasteiger partial charge in [-0.1, -0.05) is 6.07 Å². The zero-order valence-electron chi connectivity index (χ0n) is 22.6. The van der Waals surface area contributed by atoms with Crippen molar-refractivity contribution >= 4 is 22.4 Å². The summed E-state index contributed by atoms with van der Waals surface area (Å²) in [4.78, 5) is 15.5. The molecule has 5 rings (SSSR count). The van der Waals surface area contributed by atoms with Gasteiger partial charge in [-0.3, -0.25) is 9.18 Å². The van der Waals surface area contributed by atoms with Crippen molar-refractivity contribution in [2.45, 2.75) is 25.5 Å². The van der Waals surface area contributed by atoms with Gasteiger partial charge in [0.05, 0.1) is 54.7 Å². The van der Waals surface area contributed by atoms with E-state index in [9.17, 15) is 17.8 Å². The maximum absolute atomic E-state index is 14.1. The van der Waals surface area contributed by atoms with Crippen LogP contribution in [0.2, 0.25) is 0 Å². The number of halogens is 2. The molecule has 1 aliphatic carbocycles. The summed E-state index contributed by atoms with van der Waals surface area (Å²) in [5.41, 5.74) is 7.57. The summed E-state index contributed by atoms with van der Waals surface area (Å²) < 4.78 is 55.1. The predicted molar refractivity (Wildman–Crippen MR) is 151 cm³/mol. The number of hydrogen-bond donors (Lipinski definition) is 1. The molecule has 0 bridgehead atoms. The average Bonchev–Trinajstić information content (AvgIpc) is 3.73. The Balaban J connectivity index is 1.35. The molecule has 0 spiro atoms. The number of methoxy groups -OCH3 is 1. The second-order valence-corrected chi connectivity index (χ2v) is 11.9. The Morgan fingerprint density at radius 3 is 2.52 bits per heavy atom. The fraction of sp³-hybridized carbons (Fsp3) is 0.429. The molecule has 12 heteroatoms. The van der Waals surface area contributed by atoms with E-state index >= 15 is 0 Å². The second kappa shape index (κ2) is 11.5. The molecule has 3 aromatic rings. The Hall–Kier alpha value is -3.51. The van der Waals surface area contributed by atoms with Crippen molar-refractivity contribution in [3.8, 4) is 17.2 Å². The molecule has 2 aliphatic rings. The summed E-state index contributed by atoms with van der Waals surface area (Å²) >= 11 is 0.